The van der Waals surface area contributed by atoms with Crippen LogP contribution < -0.4 is 10.2 Å². The predicted molar refractivity (Wildman–Crippen MR) is 131 cm³/mol. The van der Waals surface area contributed by atoms with Crippen molar-refractivity contribution < 1.29 is 9.59 Å². The van der Waals surface area contributed by atoms with Gasteiger partial charge in [0.15, 0.2) is 5.82 Å². The standard InChI is InChI=1S/C24H33ClN6O2/c1-4-12-26-24(33)31(18(3)5-2)17-23(32)30-15-13-29(14-16-30)22-11-10-21(27-28-22)19-8-6-7-9-20(19)25/h6-11,18H,4-5,12-17H2,1-3H3,(H,26,33)/t18-/m1/s1. The summed E-state index contributed by atoms with van der Waals surface area (Å²) in [5.41, 5.74) is 1.58. The summed E-state index contributed by atoms with van der Waals surface area (Å²) in [5.74, 6) is 0.750. The van der Waals surface area contributed by atoms with Crippen molar-refractivity contribution in [1.29, 1.82) is 0 Å². The summed E-state index contributed by atoms with van der Waals surface area (Å²) in [6.07, 6.45) is 1.65. The van der Waals surface area contributed by atoms with Crippen molar-refractivity contribution in [2.75, 3.05) is 44.2 Å². The number of rotatable bonds is 8. The average Bonchev–Trinajstić information content (AvgIpc) is 2.85. The summed E-state index contributed by atoms with van der Waals surface area (Å²) in [7, 11) is 0. The van der Waals surface area contributed by atoms with Gasteiger partial charge in [0, 0.05) is 44.3 Å². The van der Waals surface area contributed by atoms with Crippen LogP contribution in [0, 0.1) is 0 Å². The number of hydrogen-bond acceptors (Lipinski definition) is 5. The highest BCUT2D eigenvalue weighted by molar-refractivity contribution is 6.33. The number of anilines is 1. The number of urea groups is 1. The Kier molecular flexibility index (Phi) is 8.88. The van der Waals surface area contributed by atoms with Gasteiger partial charge in [-0.2, -0.15) is 0 Å². The summed E-state index contributed by atoms with van der Waals surface area (Å²) in [6, 6.07) is 11.2. The van der Waals surface area contributed by atoms with Crippen LogP contribution >= 0.6 is 11.6 Å². The van der Waals surface area contributed by atoms with E-state index >= 15 is 0 Å². The Hall–Kier alpha value is -2.87. The van der Waals surface area contributed by atoms with Crippen molar-refractivity contribution in [3.63, 3.8) is 0 Å². The Morgan fingerprint density at radius 3 is 2.42 bits per heavy atom. The fourth-order valence-corrected chi connectivity index (χ4v) is 3.95. The molecule has 0 bridgehead atoms. The molecule has 9 heteroatoms. The first-order valence-corrected chi connectivity index (χ1v) is 12.0. The van der Waals surface area contributed by atoms with Crippen LogP contribution in [0.25, 0.3) is 11.3 Å². The molecule has 0 radical (unpaired) electrons. The maximum absolute atomic E-state index is 12.9. The maximum atomic E-state index is 12.9. The molecule has 1 aliphatic heterocycles. The molecule has 1 N–H and O–H groups in total. The third-order valence-electron chi connectivity index (χ3n) is 5.97. The van der Waals surface area contributed by atoms with E-state index in [1.54, 1.807) is 4.90 Å². The SMILES string of the molecule is CCCNC(=O)N(CC(=O)N1CCN(c2ccc(-c3ccccc3Cl)nn2)CC1)[C@H](C)CC. The Morgan fingerprint density at radius 2 is 1.82 bits per heavy atom. The number of nitrogens with one attached hydrogen (secondary N) is 1. The van der Waals surface area contributed by atoms with Crippen LogP contribution in [0.3, 0.4) is 0 Å². The number of halogens is 1. The molecule has 3 amide bonds. The van der Waals surface area contributed by atoms with Crippen LogP contribution in [0.4, 0.5) is 10.6 Å². The van der Waals surface area contributed by atoms with Gasteiger partial charge < -0.3 is 20.0 Å². The number of hydrogen-bond donors (Lipinski definition) is 1. The zero-order valence-electron chi connectivity index (χ0n) is 19.6. The Balaban J connectivity index is 1.57. The van der Waals surface area contributed by atoms with E-state index in [-0.39, 0.29) is 24.5 Å². The highest BCUT2D eigenvalue weighted by atomic mass is 35.5. The number of carbonyl (C=O) groups excluding carboxylic acids is 2. The summed E-state index contributed by atoms with van der Waals surface area (Å²) < 4.78 is 0. The van der Waals surface area contributed by atoms with Crippen molar-refractivity contribution in [1.82, 2.24) is 25.3 Å². The number of carbonyl (C=O) groups is 2. The van der Waals surface area contributed by atoms with E-state index in [1.807, 2.05) is 62.1 Å². The van der Waals surface area contributed by atoms with Crippen molar-refractivity contribution >= 4 is 29.4 Å². The van der Waals surface area contributed by atoms with E-state index in [9.17, 15) is 9.59 Å². The minimum atomic E-state index is -0.174. The van der Waals surface area contributed by atoms with Gasteiger partial charge in [-0.05, 0) is 38.0 Å². The second kappa shape index (κ2) is 11.8. The molecule has 1 atom stereocenters. The van der Waals surface area contributed by atoms with Crippen LogP contribution in [0.1, 0.15) is 33.6 Å². The molecule has 1 fully saturated rings. The molecule has 0 aliphatic carbocycles. The lowest BCUT2D eigenvalue weighted by Gasteiger charge is -2.37. The molecule has 33 heavy (non-hydrogen) atoms. The molecule has 0 saturated carbocycles. The first-order valence-electron chi connectivity index (χ1n) is 11.6. The molecule has 2 heterocycles. The first-order chi connectivity index (χ1) is 15.9. The van der Waals surface area contributed by atoms with E-state index in [4.69, 9.17) is 11.6 Å². The fraction of sp³-hybridized carbons (Fsp3) is 0.500. The van der Waals surface area contributed by atoms with Crippen molar-refractivity contribution in [3.8, 4) is 11.3 Å². The van der Waals surface area contributed by atoms with E-state index in [2.05, 4.69) is 20.4 Å². The Bertz CT molecular complexity index is 931. The second-order valence-electron chi connectivity index (χ2n) is 8.24. The molecule has 1 aliphatic rings. The van der Waals surface area contributed by atoms with Crippen molar-refractivity contribution in [3.05, 3.63) is 41.4 Å². The molecule has 0 spiro atoms. The lowest BCUT2D eigenvalue weighted by atomic mass is 10.1. The highest BCUT2D eigenvalue weighted by Crippen LogP contribution is 2.26. The Morgan fingerprint density at radius 1 is 1.09 bits per heavy atom. The fourth-order valence-electron chi connectivity index (χ4n) is 3.72. The molecule has 1 saturated heterocycles. The largest absolute Gasteiger partial charge is 0.352 e. The molecule has 3 rings (SSSR count). The minimum Gasteiger partial charge on any atom is -0.352 e. The molecule has 0 unspecified atom stereocenters. The number of amides is 3. The highest BCUT2D eigenvalue weighted by Gasteiger charge is 2.27. The van der Waals surface area contributed by atoms with Gasteiger partial charge in [-0.25, -0.2) is 4.79 Å². The van der Waals surface area contributed by atoms with Gasteiger partial charge in [0.05, 0.1) is 10.7 Å². The molecule has 8 nitrogen and oxygen atoms in total. The number of aromatic nitrogens is 2. The molecular formula is C24H33ClN6O2. The summed E-state index contributed by atoms with van der Waals surface area (Å²) >= 11 is 6.26. The topological polar surface area (TPSA) is 81.7 Å². The van der Waals surface area contributed by atoms with Crippen LogP contribution in [-0.4, -0.2) is 77.2 Å². The maximum Gasteiger partial charge on any atom is 0.318 e. The predicted octanol–water partition coefficient (Wildman–Crippen LogP) is 3.67. The van der Waals surface area contributed by atoms with Crippen LogP contribution in [0.2, 0.25) is 5.02 Å². The van der Waals surface area contributed by atoms with Gasteiger partial charge in [0.1, 0.15) is 6.54 Å². The minimum absolute atomic E-state index is 0.000924. The van der Waals surface area contributed by atoms with Gasteiger partial charge in [-0.3, -0.25) is 4.79 Å². The third kappa shape index (κ3) is 6.35. The smallest absolute Gasteiger partial charge is 0.318 e. The van der Waals surface area contributed by atoms with E-state index in [0.29, 0.717) is 37.7 Å². The molecule has 1 aromatic carbocycles. The average molecular weight is 473 g/mol. The third-order valence-corrected chi connectivity index (χ3v) is 6.30. The molecule has 1 aromatic heterocycles. The van der Waals surface area contributed by atoms with Gasteiger partial charge in [-0.1, -0.05) is 43.6 Å². The van der Waals surface area contributed by atoms with Gasteiger partial charge in [0.25, 0.3) is 0 Å². The molecule has 2 aromatic rings. The van der Waals surface area contributed by atoms with Gasteiger partial charge in [0.2, 0.25) is 5.91 Å². The van der Waals surface area contributed by atoms with Crippen LogP contribution in [0.5, 0.6) is 0 Å². The normalized spacial score (nSPS) is 14.7. The van der Waals surface area contributed by atoms with Crippen molar-refractivity contribution in [2.45, 2.75) is 39.7 Å². The van der Waals surface area contributed by atoms with E-state index in [0.717, 1.165) is 29.9 Å². The van der Waals surface area contributed by atoms with Crippen LogP contribution in [-0.2, 0) is 4.79 Å². The molecular weight excluding hydrogens is 440 g/mol. The lowest BCUT2D eigenvalue weighted by molar-refractivity contribution is -0.132. The van der Waals surface area contributed by atoms with Gasteiger partial charge >= 0.3 is 6.03 Å². The lowest BCUT2D eigenvalue weighted by Crippen LogP contribution is -2.54. The number of piperazine rings is 1. The van der Waals surface area contributed by atoms with Gasteiger partial charge in [-0.15, -0.1) is 10.2 Å². The summed E-state index contributed by atoms with van der Waals surface area (Å²) in [5, 5.41) is 12.2. The van der Waals surface area contributed by atoms with E-state index in [1.165, 1.54) is 0 Å². The summed E-state index contributed by atoms with van der Waals surface area (Å²) in [6.45, 7) is 9.19. The number of nitrogens with zero attached hydrogens (tertiary/aromatic N) is 5. The monoisotopic (exact) mass is 472 g/mol. The Labute approximate surface area is 200 Å². The first kappa shape index (κ1) is 24.8. The van der Waals surface area contributed by atoms with Crippen molar-refractivity contribution in [2.24, 2.45) is 0 Å². The quantitative estimate of drug-likeness (QED) is 0.634. The van der Waals surface area contributed by atoms with E-state index < -0.39 is 0 Å². The zero-order valence-corrected chi connectivity index (χ0v) is 20.4. The summed E-state index contributed by atoms with van der Waals surface area (Å²) in [4.78, 5) is 31.0. The number of benzene rings is 1. The van der Waals surface area contributed by atoms with Crippen LogP contribution in [0.15, 0.2) is 36.4 Å². The second-order valence-corrected chi connectivity index (χ2v) is 8.65. The molecule has 178 valence electrons. The zero-order chi connectivity index (χ0) is 23.8.